The minimum Gasteiger partial charge on any atom is -0.397 e. The molecule has 2 atom stereocenters. The molecule has 2 aliphatic rings. The third-order valence-corrected chi connectivity index (χ3v) is 4.65. The third-order valence-electron chi connectivity index (χ3n) is 4.04. The van der Waals surface area contributed by atoms with Crippen molar-refractivity contribution in [2.75, 3.05) is 24.1 Å². The van der Waals surface area contributed by atoms with Crippen molar-refractivity contribution >= 4 is 27.3 Å². The number of nitrogens with two attached hydrogens (primary N) is 1. The summed E-state index contributed by atoms with van der Waals surface area (Å²) < 4.78 is 14.0. The quantitative estimate of drug-likeness (QED) is 0.825. The lowest BCUT2D eigenvalue weighted by Gasteiger charge is -2.23. The first-order valence-corrected chi connectivity index (χ1v) is 7.19. The molecule has 0 saturated carbocycles. The largest absolute Gasteiger partial charge is 0.397 e. The lowest BCUT2D eigenvalue weighted by molar-refractivity contribution is 0.318. The first-order valence-electron chi connectivity index (χ1n) is 6.40. The SMILES string of the molecule is Nc1cc(Br)c(F)cc1NC1CCN2CCCC12. The molecule has 0 bridgehead atoms. The van der Waals surface area contributed by atoms with Crippen molar-refractivity contribution in [2.45, 2.75) is 31.3 Å². The van der Waals surface area contributed by atoms with Crippen LogP contribution >= 0.6 is 15.9 Å². The van der Waals surface area contributed by atoms with Gasteiger partial charge in [0.25, 0.3) is 0 Å². The van der Waals surface area contributed by atoms with Crippen LogP contribution < -0.4 is 11.1 Å². The van der Waals surface area contributed by atoms with Crippen molar-refractivity contribution in [3.05, 3.63) is 22.4 Å². The Morgan fingerprint density at radius 3 is 3.00 bits per heavy atom. The van der Waals surface area contributed by atoms with Crippen LogP contribution in [-0.4, -0.2) is 30.1 Å². The molecule has 0 amide bonds. The average Bonchev–Trinajstić information content (AvgIpc) is 2.90. The zero-order valence-corrected chi connectivity index (χ0v) is 11.7. The first kappa shape index (κ1) is 12.2. The molecule has 0 aliphatic carbocycles. The molecule has 3 rings (SSSR count). The van der Waals surface area contributed by atoms with E-state index in [1.54, 1.807) is 6.07 Å². The fourth-order valence-electron chi connectivity index (χ4n) is 3.14. The molecule has 2 heterocycles. The lowest BCUT2D eigenvalue weighted by Crippen LogP contribution is -2.33. The maximum absolute atomic E-state index is 13.5. The number of nitrogen functional groups attached to an aromatic ring is 1. The summed E-state index contributed by atoms with van der Waals surface area (Å²) in [6, 6.07) is 4.10. The smallest absolute Gasteiger partial charge is 0.139 e. The fraction of sp³-hybridized carbons (Fsp3) is 0.538. The van der Waals surface area contributed by atoms with Crippen LogP contribution in [0.1, 0.15) is 19.3 Å². The molecule has 0 radical (unpaired) electrons. The van der Waals surface area contributed by atoms with Crippen LogP contribution in [0.2, 0.25) is 0 Å². The summed E-state index contributed by atoms with van der Waals surface area (Å²) in [5.41, 5.74) is 7.25. The van der Waals surface area contributed by atoms with E-state index in [-0.39, 0.29) is 5.82 Å². The van der Waals surface area contributed by atoms with Gasteiger partial charge in [0, 0.05) is 24.7 Å². The van der Waals surface area contributed by atoms with Gasteiger partial charge in [-0.3, -0.25) is 4.90 Å². The predicted molar refractivity (Wildman–Crippen MR) is 75.1 cm³/mol. The summed E-state index contributed by atoms with van der Waals surface area (Å²) >= 11 is 3.15. The van der Waals surface area contributed by atoms with Crippen LogP contribution in [-0.2, 0) is 0 Å². The van der Waals surface area contributed by atoms with Crippen LogP contribution in [0.15, 0.2) is 16.6 Å². The van der Waals surface area contributed by atoms with E-state index in [1.165, 1.54) is 25.5 Å². The summed E-state index contributed by atoms with van der Waals surface area (Å²) in [7, 11) is 0. The normalized spacial score (nSPS) is 27.4. The highest BCUT2D eigenvalue weighted by Crippen LogP contribution is 2.33. The zero-order chi connectivity index (χ0) is 12.7. The highest BCUT2D eigenvalue weighted by atomic mass is 79.9. The van der Waals surface area contributed by atoms with E-state index in [4.69, 9.17) is 5.73 Å². The van der Waals surface area contributed by atoms with Crippen LogP contribution in [0.5, 0.6) is 0 Å². The number of nitrogens with one attached hydrogen (secondary N) is 1. The number of anilines is 2. The Hall–Kier alpha value is -0.810. The van der Waals surface area contributed by atoms with E-state index < -0.39 is 0 Å². The summed E-state index contributed by atoms with van der Waals surface area (Å²) in [4.78, 5) is 2.52. The Morgan fingerprint density at radius 2 is 2.17 bits per heavy atom. The van der Waals surface area contributed by atoms with Crippen molar-refractivity contribution < 1.29 is 4.39 Å². The van der Waals surface area contributed by atoms with Crippen molar-refractivity contribution in [1.82, 2.24) is 4.90 Å². The van der Waals surface area contributed by atoms with E-state index in [2.05, 4.69) is 26.1 Å². The van der Waals surface area contributed by atoms with Gasteiger partial charge in [-0.25, -0.2) is 4.39 Å². The second-order valence-electron chi connectivity index (χ2n) is 5.14. The highest BCUT2D eigenvalue weighted by molar-refractivity contribution is 9.10. The molecule has 0 spiro atoms. The molecule has 2 unspecified atom stereocenters. The Kier molecular flexibility index (Phi) is 3.20. The third kappa shape index (κ3) is 2.10. The molecule has 2 aliphatic heterocycles. The van der Waals surface area contributed by atoms with E-state index >= 15 is 0 Å². The molecular weight excluding hydrogens is 297 g/mol. The van der Waals surface area contributed by atoms with Gasteiger partial charge >= 0.3 is 0 Å². The number of hydrogen-bond acceptors (Lipinski definition) is 3. The second-order valence-corrected chi connectivity index (χ2v) is 5.99. The molecule has 0 aromatic heterocycles. The number of halogens is 2. The molecule has 1 aromatic rings. The van der Waals surface area contributed by atoms with Crippen molar-refractivity contribution in [3.8, 4) is 0 Å². The fourth-order valence-corrected chi connectivity index (χ4v) is 3.50. The topological polar surface area (TPSA) is 41.3 Å². The monoisotopic (exact) mass is 313 g/mol. The Bertz CT molecular complexity index is 466. The van der Waals surface area contributed by atoms with Crippen LogP contribution in [0.4, 0.5) is 15.8 Å². The van der Waals surface area contributed by atoms with Crippen molar-refractivity contribution in [1.29, 1.82) is 0 Å². The molecule has 2 fully saturated rings. The molecule has 3 N–H and O–H groups in total. The summed E-state index contributed by atoms with van der Waals surface area (Å²) in [5, 5.41) is 3.42. The number of hydrogen-bond donors (Lipinski definition) is 2. The minimum atomic E-state index is -0.270. The van der Waals surface area contributed by atoms with Crippen LogP contribution in [0.25, 0.3) is 0 Å². The number of nitrogens with zero attached hydrogens (tertiary/aromatic N) is 1. The average molecular weight is 314 g/mol. The molecule has 18 heavy (non-hydrogen) atoms. The highest BCUT2D eigenvalue weighted by Gasteiger charge is 2.37. The number of benzene rings is 1. The van der Waals surface area contributed by atoms with Crippen molar-refractivity contribution in [3.63, 3.8) is 0 Å². The Labute approximate surface area is 115 Å². The van der Waals surface area contributed by atoms with Crippen LogP contribution in [0.3, 0.4) is 0 Å². The summed E-state index contributed by atoms with van der Waals surface area (Å²) in [6.07, 6.45) is 3.62. The maximum atomic E-state index is 13.5. The van der Waals surface area contributed by atoms with Gasteiger partial charge in [0.15, 0.2) is 0 Å². The Balaban J connectivity index is 1.78. The zero-order valence-electron chi connectivity index (χ0n) is 10.1. The van der Waals surface area contributed by atoms with Gasteiger partial charge in [-0.1, -0.05) is 0 Å². The van der Waals surface area contributed by atoms with Crippen LogP contribution in [0, 0.1) is 5.82 Å². The van der Waals surface area contributed by atoms with Gasteiger partial charge in [-0.05, 0) is 47.8 Å². The number of fused-ring (bicyclic) bond motifs is 1. The van der Waals surface area contributed by atoms with E-state index in [0.717, 1.165) is 18.7 Å². The van der Waals surface area contributed by atoms with E-state index in [9.17, 15) is 4.39 Å². The maximum Gasteiger partial charge on any atom is 0.139 e. The van der Waals surface area contributed by atoms with Gasteiger partial charge in [-0.15, -0.1) is 0 Å². The molecule has 98 valence electrons. The van der Waals surface area contributed by atoms with Gasteiger partial charge in [0.2, 0.25) is 0 Å². The molecule has 2 saturated heterocycles. The molecule has 1 aromatic carbocycles. The molecule has 5 heteroatoms. The van der Waals surface area contributed by atoms with Gasteiger partial charge < -0.3 is 11.1 Å². The first-order chi connectivity index (χ1) is 8.65. The minimum absolute atomic E-state index is 0.270. The van der Waals surface area contributed by atoms with Gasteiger partial charge in [-0.2, -0.15) is 0 Å². The van der Waals surface area contributed by atoms with E-state index in [1.807, 2.05) is 0 Å². The summed E-state index contributed by atoms with van der Waals surface area (Å²) in [6.45, 7) is 2.34. The second kappa shape index (κ2) is 4.70. The standard InChI is InChI=1S/C13H17BrFN3/c14-8-6-10(16)12(7-9(8)15)17-11-3-5-18-4-1-2-13(11)18/h6-7,11,13,17H,1-5,16H2. The predicted octanol–water partition coefficient (Wildman–Crippen LogP) is 2.82. The molecular formula is C13H17BrFN3. The van der Waals surface area contributed by atoms with Crippen molar-refractivity contribution in [2.24, 2.45) is 0 Å². The summed E-state index contributed by atoms with van der Waals surface area (Å²) in [5.74, 6) is -0.270. The van der Waals surface area contributed by atoms with Gasteiger partial charge in [0.05, 0.1) is 15.8 Å². The Morgan fingerprint density at radius 1 is 1.33 bits per heavy atom. The number of rotatable bonds is 2. The lowest BCUT2D eigenvalue weighted by atomic mass is 10.1. The molecule has 3 nitrogen and oxygen atoms in total. The van der Waals surface area contributed by atoms with E-state index in [0.29, 0.717) is 22.2 Å². The van der Waals surface area contributed by atoms with Gasteiger partial charge in [0.1, 0.15) is 5.82 Å².